The van der Waals surface area contributed by atoms with E-state index in [4.69, 9.17) is 11.6 Å². The van der Waals surface area contributed by atoms with Crippen LogP contribution in [0.3, 0.4) is 0 Å². The lowest BCUT2D eigenvalue weighted by molar-refractivity contribution is 0.443. The van der Waals surface area contributed by atoms with Crippen molar-refractivity contribution in [3.8, 4) is 22.3 Å². The Morgan fingerprint density at radius 1 is 0.846 bits per heavy atom. The van der Waals surface area contributed by atoms with Crippen LogP contribution in [0.4, 0.5) is 0 Å². The number of hydrogen-bond donors (Lipinski definition) is 1. The Balaban J connectivity index is 2.01. The molecular weight excluding hydrogens is 342 g/mol. The maximum absolute atomic E-state index is 12.9. The lowest BCUT2D eigenvalue weighted by atomic mass is 9.80. The van der Waals surface area contributed by atoms with Gasteiger partial charge in [-0.15, -0.1) is 0 Å². The van der Waals surface area contributed by atoms with E-state index in [9.17, 15) is 4.79 Å². The second-order valence-corrected chi connectivity index (χ2v) is 7.41. The average molecular weight is 364 g/mol. The molecule has 2 nitrogen and oxygen atoms in total. The third-order valence-electron chi connectivity index (χ3n) is 5.38. The maximum atomic E-state index is 12.9. The van der Waals surface area contributed by atoms with Crippen molar-refractivity contribution in [3.63, 3.8) is 0 Å². The number of hydrogen-bond acceptors (Lipinski definition) is 1. The molecule has 1 N–H and O–H groups in total. The number of pyridine rings is 1. The Hall–Kier alpha value is -2.32. The molecule has 0 spiro atoms. The molecule has 4 rings (SSSR count). The summed E-state index contributed by atoms with van der Waals surface area (Å²) >= 11 is 6.48. The Morgan fingerprint density at radius 2 is 1.54 bits per heavy atom. The second-order valence-electron chi connectivity index (χ2n) is 7.00. The average Bonchev–Trinajstić information content (AvgIpc) is 2.70. The number of aromatic amines is 1. The monoisotopic (exact) mass is 363 g/mol. The standard InChI is InChI=1S/C23H22ClNO/c24-20-14-8-7-13-18(20)22-21(17-11-5-2-6-12-17)19(15-25-23(22)26)16-9-3-1-4-10-16/h2,5-8,11-16H,1,3-4,9-10H2,(H,25,26). The van der Waals surface area contributed by atoms with E-state index in [1.165, 1.54) is 37.7 Å². The molecule has 1 aromatic heterocycles. The van der Waals surface area contributed by atoms with Gasteiger partial charge in [-0.3, -0.25) is 4.79 Å². The highest BCUT2D eigenvalue weighted by Crippen LogP contribution is 2.42. The summed E-state index contributed by atoms with van der Waals surface area (Å²) < 4.78 is 0. The molecule has 1 saturated carbocycles. The van der Waals surface area contributed by atoms with Crippen molar-refractivity contribution >= 4 is 11.6 Å². The van der Waals surface area contributed by atoms with Crippen LogP contribution in [-0.2, 0) is 0 Å². The highest BCUT2D eigenvalue weighted by molar-refractivity contribution is 6.33. The zero-order valence-electron chi connectivity index (χ0n) is 14.7. The van der Waals surface area contributed by atoms with Gasteiger partial charge in [-0.25, -0.2) is 0 Å². The minimum absolute atomic E-state index is 0.0866. The first-order valence-corrected chi connectivity index (χ1v) is 9.69. The van der Waals surface area contributed by atoms with E-state index in [1.807, 2.05) is 48.7 Å². The normalized spacial score (nSPS) is 15.1. The number of benzene rings is 2. The number of aromatic nitrogens is 1. The SMILES string of the molecule is O=c1[nH]cc(C2CCCCC2)c(-c2ccccc2)c1-c1ccccc1Cl. The summed E-state index contributed by atoms with van der Waals surface area (Å²) in [6.07, 6.45) is 8.08. The zero-order chi connectivity index (χ0) is 17.9. The molecule has 0 radical (unpaired) electrons. The molecule has 0 unspecified atom stereocenters. The third kappa shape index (κ3) is 3.22. The summed E-state index contributed by atoms with van der Waals surface area (Å²) in [5, 5.41) is 0.607. The van der Waals surface area contributed by atoms with Gasteiger partial charge in [-0.1, -0.05) is 79.4 Å². The van der Waals surface area contributed by atoms with Crippen molar-refractivity contribution in [1.82, 2.24) is 4.98 Å². The van der Waals surface area contributed by atoms with Crippen LogP contribution in [0.2, 0.25) is 5.02 Å². The van der Waals surface area contributed by atoms with Gasteiger partial charge in [-0.2, -0.15) is 0 Å². The van der Waals surface area contributed by atoms with Gasteiger partial charge in [0.25, 0.3) is 5.56 Å². The molecule has 0 aliphatic heterocycles. The van der Waals surface area contributed by atoms with Crippen LogP contribution in [0.1, 0.15) is 43.6 Å². The van der Waals surface area contributed by atoms with E-state index in [-0.39, 0.29) is 5.56 Å². The number of halogens is 1. The Bertz CT molecular complexity index is 955. The van der Waals surface area contributed by atoms with Crippen LogP contribution in [0, 0.1) is 0 Å². The van der Waals surface area contributed by atoms with E-state index in [2.05, 4.69) is 17.1 Å². The minimum Gasteiger partial charge on any atom is -0.328 e. The van der Waals surface area contributed by atoms with Gasteiger partial charge in [0, 0.05) is 16.8 Å². The first-order chi connectivity index (χ1) is 12.8. The predicted octanol–water partition coefficient (Wildman–Crippen LogP) is 6.41. The number of rotatable bonds is 3. The van der Waals surface area contributed by atoms with Gasteiger partial charge in [0.05, 0.1) is 5.56 Å². The van der Waals surface area contributed by atoms with Crippen molar-refractivity contribution in [2.75, 3.05) is 0 Å². The van der Waals surface area contributed by atoms with Gasteiger partial charge in [0.15, 0.2) is 0 Å². The van der Waals surface area contributed by atoms with Crippen molar-refractivity contribution in [1.29, 1.82) is 0 Å². The smallest absolute Gasteiger partial charge is 0.256 e. The van der Waals surface area contributed by atoms with Crippen molar-refractivity contribution in [3.05, 3.63) is 81.7 Å². The van der Waals surface area contributed by atoms with E-state index >= 15 is 0 Å². The summed E-state index contributed by atoms with van der Waals surface area (Å²) in [4.78, 5) is 15.9. The molecule has 0 saturated heterocycles. The molecule has 0 amide bonds. The molecule has 1 fully saturated rings. The summed E-state index contributed by atoms with van der Waals surface area (Å²) in [6, 6.07) is 17.8. The maximum Gasteiger partial charge on any atom is 0.256 e. The molecule has 0 bridgehead atoms. The van der Waals surface area contributed by atoms with Crippen molar-refractivity contribution in [2.45, 2.75) is 38.0 Å². The topological polar surface area (TPSA) is 32.9 Å². The largest absolute Gasteiger partial charge is 0.328 e. The quantitative estimate of drug-likeness (QED) is 0.573. The van der Waals surface area contributed by atoms with E-state index in [1.54, 1.807) is 0 Å². The van der Waals surface area contributed by atoms with Crippen LogP contribution in [0.5, 0.6) is 0 Å². The second kappa shape index (κ2) is 7.51. The molecule has 0 atom stereocenters. The number of nitrogens with one attached hydrogen (secondary N) is 1. The van der Waals surface area contributed by atoms with Gasteiger partial charge >= 0.3 is 0 Å². The van der Waals surface area contributed by atoms with E-state index in [0.717, 1.165) is 16.7 Å². The Kier molecular flexibility index (Phi) is 4.94. The zero-order valence-corrected chi connectivity index (χ0v) is 15.4. The predicted molar refractivity (Wildman–Crippen MR) is 109 cm³/mol. The van der Waals surface area contributed by atoms with Gasteiger partial charge in [-0.05, 0) is 41.5 Å². The summed E-state index contributed by atoms with van der Waals surface area (Å²) in [5.41, 5.74) is 4.75. The molecule has 1 heterocycles. The highest BCUT2D eigenvalue weighted by Gasteiger charge is 2.24. The number of H-pyrrole nitrogens is 1. The first-order valence-electron chi connectivity index (χ1n) is 9.31. The summed E-state index contributed by atoms with van der Waals surface area (Å²) in [5.74, 6) is 0.483. The molecule has 2 aromatic carbocycles. The lowest BCUT2D eigenvalue weighted by Gasteiger charge is -2.26. The molecular formula is C23H22ClNO. The van der Waals surface area contributed by atoms with Gasteiger partial charge < -0.3 is 4.98 Å². The van der Waals surface area contributed by atoms with Crippen LogP contribution < -0.4 is 5.56 Å². The van der Waals surface area contributed by atoms with Crippen molar-refractivity contribution in [2.24, 2.45) is 0 Å². The first kappa shape index (κ1) is 17.1. The molecule has 1 aliphatic rings. The van der Waals surface area contributed by atoms with E-state index in [0.29, 0.717) is 16.5 Å². The highest BCUT2D eigenvalue weighted by atomic mass is 35.5. The van der Waals surface area contributed by atoms with Crippen LogP contribution in [0.25, 0.3) is 22.3 Å². The molecule has 3 aromatic rings. The van der Waals surface area contributed by atoms with Gasteiger partial charge in [0.1, 0.15) is 0 Å². The summed E-state index contributed by atoms with van der Waals surface area (Å²) in [6.45, 7) is 0. The Morgan fingerprint density at radius 3 is 2.27 bits per heavy atom. The fourth-order valence-corrected chi connectivity index (χ4v) is 4.35. The lowest BCUT2D eigenvalue weighted by Crippen LogP contribution is -2.15. The molecule has 132 valence electrons. The van der Waals surface area contributed by atoms with E-state index < -0.39 is 0 Å². The third-order valence-corrected chi connectivity index (χ3v) is 5.70. The molecule has 3 heteroatoms. The summed E-state index contributed by atoms with van der Waals surface area (Å²) in [7, 11) is 0. The van der Waals surface area contributed by atoms with Crippen LogP contribution in [-0.4, -0.2) is 4.98 Å². The minimum atomic E-state index is -0.0866. The van der Waals surface area contributed by atoms with Crippen molar-refractivity contribution < 1.29 is 0 Å². The molecule has 1 aliphatic carbocycles. The Labute approximate surface area is 158 Å². The molecule has 26 heavy (non-hydrogen) atoms. The fraction of sp³-hybridized carbons (Fsp3) is 0.261. The van der Waals surface area contributed by atoms with Crippen LogP contribution >= 0.6 is 11.6 Å². The van der Waals surface area contributed by atoms with Crippen LogP contribution in [0.15, 0.2) is 65.6 Å². The fourth-order valence-electron chi connectivity index (χ4n) is 4.12. The van der Waals surface area contributed by atoms with Gasteiger partial charge in [0.2, 0.25) is 0 Å².